The second-order valence-corrected chi connectivity index (χ2v) is 6.31. The van der Waals surface area contributed by atoms with Gasteiger partial charge in [-0.1, -0.05) is 18.2 Å². The van der Waals surface area contributed by atoms with Crippen molar-refractivity contribution in [3.63, 3.8) is 0 Å². The second kappa shape index (κ2) is 5.95. The fourth-order valence-corrected chi connectivity index (χ4v) is 3.21. The molecule has 0 N–H and O–H groups in total. The van der Waals surface area contributed by atoms with Gasteiger partial charge in [-0.2, -0.15) is 0 Å². The number of hydrogen-bond donors (Lipinski definition) is 0. The smallest absolute Gasteiger partial charge is 0.225 e. The highest BCUT2D eigenvalue weighted by Gasteiger charge is 2.26. The average Bonchev–Trinajstić information content (AvgIpc) is 2.54. The van der Waals surface area contributed by atoms with Crippen LogP contribution < -0.4 is 4.90 Å². The van der Waals surface area contributed by atoms with E-state index in [4.69, 9.17) is 4.98 Å². The minimum atomic E-state index is 0.160. The number of hydrogen-bond acceptors (Lipinski definition) is 3. The number of pyridine rings is 1. The zero-order valence-corrected chi connectivity index (χ0v) is 13.5. The summed E-state index contributed by atoms with van der Waals surface area (Å²) >= 11 is 0. The van der Waals surface area contributed by atoms with Gasteiger partial charge in [0.25, 0.3) is 0 Å². The summed E-state index contributed by atoms with van der Waals surface area (Å²) in [6.45, 7) is 3.93. The molecule has 4 heteroatoms. The largest absolute Gasteiger partial charge is 0.357 e. The lowest BCUT2D eigenvalue weighted by Crippen LogP contribution is -2.40. The number of amides is 1. The number of carbonyl (C=O) groups excluding carboxylic acids is 1. The zero-order valence-electron chi connectivity index (χ0n) is 13.5. The number of rotatable bonds is 2. The third-order valence-electron chi connectivity index (χ3n) is 4.52. The molecule has 0 bridgehead atoms. The first-order valence-electron chi connectivity index (χ1n) is 7.89. The van der Waals surface area contributed by atoms with E-state index >= 15 is 0 Å². The molecule has 116 valence electrons. The van der Waals surface area contributed by atoms with Crippen LogP contribution >= 0.6 is 0 Å². The van der Waals surface area contributed by atoms with E-state index in [-0.39, 0.29) is 11.8 Å². The molecule has 1 aliphatic rings. The number of piperidine rings is 1. The van der Waals surface area contributed by atoms with Gasteiger partial charge in [-0.25, -0.2) is 4.98 Å². The average molecular weight is 297 g/mol. The van der Waals surface area contributed by atoms with Gasteiger partial charge in [-0.05, 0) is 37.5 Å². The van der Waals surface area contributed by atoms with E-state index in [1.54, 1.807) is 4.90 Å². The lowest BCUT2D eigenvalue weighted by atomic mass is 9.95. The maximum absolute atomic E-state index is 12.1. The van der Waals surface area contributed by atoms with Gasteiger partial charge >= 0.3 is 0 Å². The van der Waals surface area contributed by atoms with Crippen molar-refractivity contribution in [2.75, 3.05) is 32.1 Å². The molecule has 0 atom stereocenters. The molecule has 1 saturated heterocycles. The summed E-state index contributed by atoms with van der Waals surface area (Å²) in [5.74, 6) is 1.45. The Morgan fingerprint density at radius 3 is 2.59 bits per heavy atom. The highest BCUT2D eigenvalue weighted by atomic mass is 16.2. The predicted molar refractivity (Wildman–Crippen MR) is 90.1 cm³/mol. The number of aryl methyl sites for hydroxylation is 1. The normalized spacial score (nSPS) is 16.0. The number of carbonyl (C=O) groups is 1. The van der Waals surface area contributed by atoms with Crippen LogP contribution in [0.2, 0.25) is 0 Å². The first-order valence-corrected chi connectivity index (χ1v) is 7.89. The monoisotopic (exact) mass is 297 g/mol. The standard InChI is InChI=1S/C18H23N3O/c1-13-12-17(19-16-7-5-4-6-15(13)16)21-10-8-14(9-11-21)18(22)20(2)3/h4-7,12,14H,8-11H2,1-3H3. The molecule has 0 radical (unpaired) electrons. The Bertz CT molecular complexity index is 688. The van der Waals surface area contributed by atoms with E-state index in [2.05, 4.69) is 36.1 Å². The Kier molecular flexibility index (Phi) is 4.01. The number of fused-ring (bicyclic) bond motifs is 1. The topological polar surface area (TPSA) is 36.4 Å². The van der Waals surface area contributed by atoms with Crippen molar-refractivity contribution in [1.29, 1.82) is 0 Å². The van der Waals surface area contributed by atoms with Gasteiger partial charge in [-0.3, -0.25) is 4.79 Å². The minimum absolute atomic E-state index is 0.160. The number of nitrogens with zero attached hydrogens (tertiary/aromatic N) is 3. The Balaban J connectivity index is 1.78. The molecule has 1 fully saturated rings. The number of anilines is 1. The summed E-state index contributed by atoms with van der Waals surface area (Å²) < 4.78 is 0. The molecule has 0 aliphatic carbocycles. The highest BCUT2D eigenvalue weighted by molar-refractivity contribution is 5.84. The van der Waals surface area contributed by atoms with Crippen LogP contribution in [0, 0.1) is 12.8 Å². The highest BCUT2D eigenvalue weighted by Crippen LogP contribution is 2.26. The van der Waals surface area contributed by atoms with Crippen LogP contribution in [-0.2, 0) is 4.79 Å². The van der Waals surface area contributed by atoms with Crippen LogP contribution in [0.15, 0.2) is 30.3 Å². The zero-order chi connectivity index (χ0) is 15.7. The summed E-state index contributed by atoms with van der Waals surface area (Å²) in [4.78, 5) is 20.9. The summed E-state index contributed by atoms with van der Waals surface area (Å²) in [5.41, 5.74) is 2.30. The van der Waals surface area contributed by atoms with Gasteiger partial charge in [0.1, 0.15) is 5.82 Å². The summed E-state index contributed by atoms with van der Waals surface area (Å²) in [6.07, 6.45) is 1.81. The molecule has 1 aromatic carbocycles. The molecular formula is C18H23N3O. The molecule has 2 heterocycles. The predicted octanol–water partition coefficient (Wildman–Crippen LogP) is 2.85. The lowest BCUT2D eigenvalue weighted by Gasteiger charge is -2.33. The Labute approximate surface area is 131 Å². The lowest BCUT2D eigenvalue weighted by molar-refractivity contribution is -0.133. The number of benzene rings is 1. The van der Waals surface area contributed by atoms with Crippen LogP contribution in [-0.4, -0.2) is 43.0 Å². The van der Waals surface area contributed by atoms with Gasteiger partial charge in [-0.15, -0.1) is 0 Å². The molecule has 0 unspecified atom stereocenters. The molecule has 1 aliphatic heterocycles. The van der Waals surface area contributed by atoms with Crippen molar-refractivity contribution >= 4 is 22.6 Å². The van der Waals surface area contributed by atoms with Crippen molar-refractivity contribution in [2.24, 2.45) is 5.92 Å². The van der Waals surface area contributed by atoms with E-state index in [9.17, 15) is 4.79 Å². The van der Waals surface area contributed by atoms with Crippen LogP contribution in [0.4, 0.5) is 5.82 Å². The van der Waals surface area contributed by atoms with Crippen molar-refractivity contribution in [3.05, 3.63) is 35.9 Å². The summed E-state index contributed by atoms with van der Waals surface area (Å²) in [5, 5.41) is 1.21. The van der Waals surface area contributed by atoms with Crippen molar-refractivity contribution in [2.45, 2.75) is 19.8 Å². The maximum Gasteiger partial charge on any atom is 0.225 e. The quantitative estimate of drug-likeness (QED) is 0.855. The number of aromatic nitrogens is 1. The van der Waals surface area contributed by atoms with E-state index in [1.165, 1.54) is 10.9 Å². The number of para-hydroxylation sites is 1. The Morgan fingerprint density at radius 1 is 1.23 bits per heavy atom. The first kappa shape index (κ1) is 14.8. The van der Waals surface area contributed by atoms with Crippen LogP contribution in [0.5, 0.6) is 0 Å². The molecular weight excluding hydrogens is 274 g/mol. The molecule has 0 spiro atoms. The first-order chi connectivity index (χ1) is 10.6. The van der Waals surface area contributed by atoms with E-state index < -0.39 is 0 Å². The summed E-state index contributed by atoms with van der Waals surface area (Å²) in [6, 6.07) is 10.4. The SMILES string of the molecule is Cc1cc(N2CCC(C(=O)N(C)C)CC2)nc2ccccc12. The van der Waals surface area contributed by atoms with Gasteiger partial charge in [0.2, 0.25) is 5.91 Å². The van der Waals surface area contributed by atoms with Crippen molar-refractivity contribution < 1.29 is 4.79 Å². The fraction of sp³-hybridized carbons (Fsp3) is 0.444. The molecule has 4 nitrogen and oxygen atoms in total. The van der Waals surface area contributed by atoms with Gasteiger partial charge in [0.15, 0.2) is 0 Å². The van der Waals surface area contributed by atoms with Gasteiger partial charge in [0.05, 0.1) is 5.52 Å². The fourth-order valence-electron chi connectivity index (χ4n) is 3.21. The maximum atomic E-state index is 12.1. The van der Waals surface area contributed by atoms with E-state index in [0.717, 1.165) is 37.3 Å². The minimum Gasteiger partial charge on any atom is -0.357 e. The molecule has 3 rings (SSSR count). The van der Waals surface area contributed by atoms with Crippen LogP contribution in [0.1, 0.15) is 18.4 Å². The molecule has 2 aromatic rings. The van der Waals surface area contributed by atoms with Crippen molar-refractivity contribution in [3.8, 4) is 0 Å². The Hall–Kier alpha value is -2.10. The van der Waals surface area contributed by atoms with Crippen LogP contribution in [0.3, 0.4) is 0 Å². The van der Waals surface area contributed by atoms with Crippen LogP contribution in [0.25, 0.3) is 10.9 Å². The van der Waals surface area contributed by atoms with E-state index in [0.29, 0.717) is 0 Å². The molecule has 22 heavy (non-hydrogen) atoms. The van der Waals surface area contributed by atoms with Crippen molar-refractivity contribution in [1.82, 2.24) is 9.88 Å². The third-order valence-corrected chi connectivity index (χ3v) is 4.52. The van der Waals surface area contributed by atoms with E-state index in [1.807, 2.05) is 20.2 Å². The summed E-state index contributed by atoms with van der Waals surface area (Å²) in [7, 11) is 3.67. The Morgan fingerprint density at radius 2 is 1.91 bits per heavy atom. The van der Waals surface area contributed by atoms with Gasteiger partial charge in [0, 0.05) is 38.5 Å². The molecule has 1 aromatic heterocycles. The molecule has 0 saturated carbocycles. The molecule has 1 amide bonds. The third kappa shape index (κ3) is 2.78. The van der Waals surface area contributed by atoms with Gasteiger partial charge < -0.3 is 9.80 Å². The second-order valence-electron chi connectivity index (χ2n) is 6.31.